The van der Waals surface area contributed by atoms with Crippen molar-refractivity contribution in [3.8, 4) is 0 Å². The van der Waals surface area contributed by atoms with Crippen LogP contribution in [-0.2, 0) is 9.59 Å². The number of amides is 2. The van der Waals surface area contributed by atoms with Crippen LogP contribution < -0.4 is 15.5 Å². The van der Waals surface area contributed by atoms with Crippen molar-refractivity contribution in [1.82, 2.24) is 15.2 Å². The molecule has 2 aromatic rings. The Bertz CT molecular complexity index is 1050. The van der Waals surface area contributed by atoms with Crippen LogP contribution in [0.3, 0.4) is 0 Å². The number of benzene rings is 1. The third kappa shape index (κ3) is 5.51. The first-order valence-electron chi connectivity index (χ1n) is 12.1. The van der Waals surface area contributed by atoms with Gasteiger partial charge in [-0.1, -0.05) is 12.1 Å². The summed E-state index contributed by atoms with van der Waals surface area (Å²) in [7, 11) is 0. The zero-order valence-electron chi connectivity index (χ0n) is 19.9. The van der Waals surface area contributed by atoms with Crippen molar-refractivity contribution in [2.45, 2.75) is 45.6 Å². The molecule has 1 atom stereocenters. The van der Waals surface area contributed by atoms with Gasteiger partial charge in [0.05, 0.1) is 29.5 Å². The lowest BCUT2D eigenvalue weighted by Gasteiger charge is -2.33. The van der Waals surface area contributed by atoms with Crippen molar-refractivity contribution in [3.05, 3.63) is 48.2 Å². The highest BCUT2D eigenvalue weighted by Gasteiger charge is 2.31. The molecule has 1 aromatic carbocycles. The van der Waals surface area contributed by atoms with Gasteiger partial charge >= 0.3 is 0 Å². The average Bonchev–Trinajstić information content (AvgIpc) is 2.96. The van der Waals surface area contributed by atoms with E-state index in [-0.39, 0.29) is 30.2 Å². The summed E-state index contributed by atoms with van der Waals surface area (Å²) in [5.74, 6) is 0.929. The summed E-state index contributed by atoms with van der Waals surface area (Å²) in [4.78, 5) is 45.8. The van der Waals surface area contributed by atoms with Gasteiger partial charge in [0, 0.05) is 6.20 Å². The molecule has 2 amide bonds. The molecule has 0 radical (unpaired) electrons. The molecular weight excluding hydrogens is 430 g/mol. The predicted molar refractivity (Wildman–Crippen MR) is 132 cm³/mol. The van der Waals surface area contributed by atoms with Gasteiger partial charge in [-0.05, 0) is 89.3 Å². The van der Waals surface area contributed by atoms with Crippen LogP contribution in [0.2, 0.25) is 0 Å². The van der Waals surface area contributed by atoms with Crippen molar-refractivity contribution in [2.24, 2.45) is 5.92 Å². The minimum Gasteiger partial charge on any atom is -0.319 e. The number of para-hydroxylation sites is 1. The van der Waals surface area contributed by atoms with Gasteiger partial charge in [0.2, 0.25) is 5.91 Å². The van der Waals surface area contributed by atoms with Crippen LogP contribution >= 0.6 is 0 Å². The number of carbonyl (C=O) groups excluding carboxylic acids is 3. The summed E-state index contributed by atoms with van der Waals surface area (Å²) in [5.41, 5.74) is 1.55. The SMILES string of the molecule is CC(=O)C(C)NCCCC1CCN(CC(=O)N2c3ccccc3C(=O)Nc3cccnc32)CC1. The lowest BCUT2D eigenvalue weighted by atomic mass is 9.92. The molecule has 8 heteroatoms. The molecule has 2 N–H and O–H groups in total. The van der Waals surface area contributed by atoms with Crippen LogP contribution in [0.25, 0.3) is 0 Å². The number of fused-ring (bicyclic) bond motifs is 2. The maximum absolute atomic E-state index is 13.5. The number of rotatable bonds is 8. The molecule has 4 rings (SSSR count). The number of carbonyl (C=O) groups is 3. The summed E-state index contributed by atoms with van der Waals surface area (Å²) in [6.07, 6.45) is 5.93. The van der Waals surface area contributed by atoms with Crippen molar-refractivity contribution < 1.29 is 14.4 Å². The zero-order valence-corrected chi connectivity index (χ0v) is 19.9. The van der Waals surface area contributed by atoms with E-state index in [2.05, 4.69) is 20.5 Å². The maximum atomic E-state index is 13.5. The van der Waals surface area contributed by atoms with Gasteiger partial charge in [0.15, 0.2) is 5.82 Å². The summed E-state index contributed by atoms with van der Waals surface area (Å²) < 4.78 is 0. The van der Waals surface area contributed by atoms with Crippen molar-refractivity contribution >= 4 is 34.8 Å². The van der Waals surface area contributed by atoms with E-state index in [1.165, 1.54) is 0 Å². The fraction of sp³-hybridized carbons (Fsp3) is 0.462. The number of likely N-dealkylation sites (tertiary alicyclic amines) is 1. The number of pyridine rings is 1. The van der Waals surface area contributed by atoms with E-state index in [9.17, 15) is 14.4 Å². The first-order valence-corrected chi connectivity index (χ1v) is 12.1. The number of anilines is 3. The Morgan fingerprint density at radius 2 is 1.94 bits per heavy atom. The van der Waals surface area contributed by atoms with Crippen LogP contribution in [-0.4, -0.2) is 59.7 Å². The normalized spacial score (nSPS) is 17.4. The fourth-order valence-corrected chi connectivity index (χ4v) is 4.64. The van der Waals surface area contributed by atoms with E-state index in [1.807, 2.05) is 13.0 Å². The lowest BCUT2D eigenvalue weighted by Crippen LogP contribution is -2.42. The third-order valence-electron chi connectivity index (χ3n) is 6.80. The number of hydrogen-bond donors (Lipinski definition) is 2. The number of piperidine rings is 1. The highest BCUT2D eigenvalue weighted by molar-refractivity contribution is 6.17. The molecule has 2 aliphatic rings. The Labute approximate surface area is 200 Å². The van der Waals surface area contributed by atoms with Crippen molar-refractivity contribution in [2.75, 3.05) is 36.4 Å². The highest BCUT2D eigenvalue weighted by Crippen LogP contribution is 2.36. The average molecular weight is 464 g/mol. The second-order valence-electron chi connectivity index (χ2n) is 9.22. The number of ketones is 1. The Balaban J connectivity index is 1.36. The quantitative estimate of drug-likeness (QED) is 0.583. The van der Waals surface area contributed by atoms with Gasteiger partial charge < -0.3 is 10.6 Å². The van der Waals surface area contributed by atoms with Gasteiger partial charge in [0.1, 0.15) is 5.78 Å². The lowest BCUT2D eigenvalue weighted by molar-refractivity contribution is -0.119. The predicted octanol–water partition coefficient (Wildman–Crippen LogP) is 3.37. The summed E-state index contributed by atoms with van der Waals surface area (Å²) >= 11 is 0. The van der Waals surface area contributed by atoms with Crippen molar-refractivity contribution in [1.29, 1.82) is 0 Å². The van der Waals surface area contributed by atoms with Gasteiger partial charge in [0.25, 0.3) is 5.91 Å². The standard InChI is InChI=1S/C26H33N5O3/c1-18(19(2)32)27-13-5-7-20-11-15-30(16-12-20)17-24(33)31-23-10-4-3-8-21(23)26(34)29-22-9-6-14-28-25(22)31/h3-4,6,8-10,14,18,20,27H,5,7,11-13,15-17H2,1-2H3,(H,29,34). The molecule has 0 aliphatic carbocycles. The molecule has 1 fully saturated rings. The Kier molecular flexibility index (Phi) is 7.70. The van der Waals surface area contributed by atoms with E-state index < -0.39 is 0 Å². The van der Waals surface area contributed by atoms with E-state index in [4.69, 9.17) is 0 Å². The minimum atomic E-state index is -0.242. The zero-order chi connectivity index (χ0) is 24.1. The summed E-state index contributed by atoms with van der Waals surface area (Å²) in [6, 6.07) is 10.6. The maximum Gasteiger partial charge on any atom is 0.257 e. The van der Waals surface area contributed by atoms with E-state index in [1.54, 1.807) is 48.4 Å². The van der Waals surface area contributed by atoms with Crippen LogP contribution in [0.4, 0.5) is 17.2 Å². The minimum absolute atomic E-state index is 0.0814. The van der Waals surface area contributed by atoms with Crippen LogP contribution in [0, 0.1) is 5.92 Å². The molecule has 1 aromatic heterocycles. The first-order chi connectivity index (χ1) is 16.4. The Hall–Kier alpha value is -3.10. The molecule has 3 heterocycles. The van der Waals surface area contributed by atoms with Crippen molar-refractivity contribution in [3.63, 3.8) is 0 Å². The van der Waals surface area contributed by atoms with Gasteiger partial charge in [-0.25, -0.2) is 4.98 Å². The Morgan fingerprint density at radius 3 is 2.71 bits per heavy atom. The molecule has 0 spiro atoms. The fourth-order valence-electron chi connectivity index (χ4n) is 4.64. The highest BCUT2D eigenvalue weighted by atomic mass is 16.2. The smallest absolute Gasteiger partial charge is 0.257 e. The van der Waals surface area contributed by atoms with Gasteiger partial charge in [-0.15, -0.1) is 0 Å². The molecule has 0 saturated carbocycles. The Morgan fingerprint density at radius 1 is 1.18 bits per heavy atom. The van der Waals surface area contributed by atoms with E-state index in [0.717, 1.165) is 45.3 Å². The number of nitrogens with zero attached hydrogens (tertiary/aromatic N) is 3. The topological polar surface area (TPSA) is 94.6 Å². The van der Waals surface area contributed by atoms with E-state index >= 15 is 0 Å². The molecule has 0 bridgehead atoms. The van der Waals surface area contributed by atoms with E-state index in [0.29, 0.717) is 28.7 Å². The third-order valence-corrected chi connectivity index (χ3v) is 6.80. The number of nitrogens with one attached hydrogen (secondary N) is 2. The molecule has 1 saturated heterocycles. The molecule has 2 aliphatic heterocycles. The molecule has 8 nitrogen and oxygen atoms in total. The molecule has 34 heavy (non-hydrogen) atoms. The van der Waals surface area contributed by atoms with Crippen LogP contribution in [0.1, 0.15) is 49.9 Å². The molecular formula is C26H33N5O3. The monoisotopic (exact) mass is 463 g/mol. The second kappa shape index (κ2) is 10.9. The van der Waals surface area contributed by atoms with Gasteiger partial charge in [-0.2, -0.15) is 0 Å². The first kappa shape index (κ1) is 24.0. The summed E-state index contributed by atoms with van der Waals surface area (Å²) in [5, 5.41) is 6.15. The van der Waals surface area contributed by atoms with Crippen LogP contribution in [0.5, 0.6) is 0 Å². The number of Topliss-reactive ketones (excluding diaryl/α,β-unsaturated/α-hetero) is 1. The number of aromatic nitrogens is 1. The number of hydrogen-bond acceptors (Lipinski definition) is 6. The molecule has 1 unspecified atom stereocenters. The van der Waals surface area contributed by atoms with Crippen LogP contribution in [0.15, 0.2) is 42.6 Å². The second-order valence-corrected chi connectivity index (χ2v) is 9.22. The largest absolute Gasteiger partial charge is 0.319 e. The van der Waals surface area contributed by atoms with Gasteiger partial charge in [-0.3, -0.25) is 24.2 Å². The summed E-state index contributed by atoms with van der Waals surface area (Å²) in [6.45, 7) is 6.39. The molecule has 180 valence electrons.